The third kappa shape index (κ3) is 1.95. The lowest BCUT2D eigenvalue weighted by molar-refractivity contribution is 0.609. The largest absolute Gasteiger partial charge is 0.345 e. The first kappa shape index (κ1) is 10.7. The van der Waals surface area contributed by atoms with Crippen LogP contribution in [-0.4, -0.2) is 18.4 Å². The van der Waals surface area contributed by atoms with Gasteiger partial charge in [0, 0.05) is 16.6 Å². The SMILES string of the molecule is O=S(=O)(Cl)c1cc2nc[nH]c2cc1CCl. The van der Waals surface area contributed by atoms with Gasteiger partial charge in [-0.1, -0.05) is 0 Å². The second kappa shape index (κ2) is 3.66. The fraction of sp³-hybridized carbons (Fsp3) is 0.125. The molecule has 0 atom stereocenters. The molecular weight excluding hydrogens is 259 g/mol. The number of rotatable bonds is 2. The van der Waals surface area contributed by atoms with Gasteiger partial charge in [0.25, 0.3) is 9.05 Å². The third-order valence-electron chi connectivity index (χ3n) is 2.01. The summed E-state index contributed by atoms with van der Waals surface area (Å²) in [7, 11) is 1.50. The molecule has 4 nitrogen and oxygen atoms in total. The van der Waals surface area contributed by atoms with E-state index in [1.807, 2.05) is 0 Å². The predicted molar refractivity (Wildman–Crippen MR) is 58.7 cm³/mol. The standard InChI is InChI=1S/C8H6Cl2N2O2S/c9-3-5-1-6-7(12-4-11-6)2-8(5)15(10,13)14/h1-2,4H,3H2,(H,11,12). The first-order valence-corrected chi connectivity index (χ1v) is 6.83. The normalized spacial score (nSPS) is 12.1. The van der Waals surface area contributed by atoms with Gasteiger partial charge >= 0.3 is 0 Å². The lowest BCUT2D eigenvalue weighted by Gasteiger charge is -2.03. The minimum atomic E-state index is -3.78. The predicted octanol–water partition coefficient (Wildman–Crippen LogP) is 2.23. The Balaban J connectivity index is 2.81. The number of halogens is 2. The maximum Gasteiger partial charge on any atom is 0.261 e. The molecule has 1 heterocycles. The Kier molecular flexibility index (Phi) is 2.62. The zero-order valence-electron chi connectivity index (χ0n) is 7.37. The van der Waals surface area contributed by atoms with Gasteiger partial charge < -0.3 is 4.98 Å². The average Bonchev–Trinajstić information content (AvgIpc) is 2.60. The highest BCUT2D eigenvalue weighted by Gasteiger charge is 2.16. The molecule has 1 aromatic heterocycles. The van der Waals surface area contributed by atoms with Crippen LogP contribution < -0.4 is 0 Å². The fourth-order valence-corrected chi connectivity index (χ4v) is 2.77. The van der Waals surface area contributed by atoms with Gasteiger partial charge in [0.15, 0.2) is 0 Å². The molecule has 0 amide bonds. The van der Waals surface area contributed by atoms with Crippen molar-refractivity contribution in [3.05, 3.63) is 24.0 Å². The highest BCUT2D eigenvalue weighted by molar-refractivity contribution is 8.13. The molecule has 0 aliphatic heterocycles. The van der Waals surface area contributed by atoms with Crippen LogP contribution >= 0.6 is 22.3 Å². The zero-order chi connectivity index (χ0) is 11.1. The van der Waals surface area contributed by atoms with Crippen LogP contribution in [0.2, 0.25) is 0 Å². The van der Waals surface area contributed by atoms with Crippen LogP contribution in [0.15, 0.2) is 23.4 Å². The molecule has 2 rings (SSSR count). The highest BCUT2D eigenvalue weighted by atomic mass is 35.7. The molecular formula is C8H6Cl2N2O2S. The van der Waals surface area contributed by atoms with Crippen molar-refractivity contribution in [2.45, 2.75) is 10.8 Å². The van der Waals surface area contributed by atoms with Crippen LogP contribution in [0.1, 0.15) is 5.56 Å². The molecule has 2 aromatic rings. The smallest absolute Gasteiger partial charge is 0.261 e. The van der Waals surface area contributed by atoms with Gasteiger partial charge in [0.2, 0.25) is 0 Å². The summed E-state index contributed by atoms with van der Waals surface area (Å²) in [6.45, 7) is 0. The molecule has 80 valence electrons. The molecule has 0 unspecified atom stereocenters. The van der Waals surface area contributed by atoms with E-state index in [-0.39, 0.29) is 10.8 Å². The van der Waals surface area contributed by atoms with Crippen molar-refractivity contribution in [2.75, 3.05) is 0 Å². The summed E-state index contributed by atoms with van der Waals surface area (Å²) in [6.07, 6.45) is 1.48. The minimum absolute atomic E-state index is 0.0127. The van der Waals surface area contributed by atoms with E-state index in [0.717, 1.165) is 5.52 Å². The third-order valence-corrected chi connectivity index (χ3v) is 3.70. The maximum absolute atomic E-state index is 11.2. The lowest BCUT2D eigenvalue weighted by Crippen LogP contribution is -1.96. The molecule has 7 heteroatoms. The molecule has 1 N–H and O–H groups in total. The summed E-state index contributed by atoms with van der Waals surface area (Å²) < 4.78 is 22.5. The Hall–Kier alpha value is -0.780. The number of hydrogen-bond acceptors (Lipinski definition) is 3. The number of nitrogens with one attached hydrogen (secondary N) is 1. The van der Waals surface area contributed by atoms with E-state index in [1.54, 1.807) is 6.07 Å². The first-order valence-electron chi connectivity index (χ1n) is 3.99. The molecule has 0 saturated carbocycles. The van der Waals surface area contributed by atoms with Crippen molar-refractivity contribution >= 4 is 42.4 Å². The van der Waals surface area contributed by atoms with Crippen LogP contribution in [0.3, 0.4) is 0 Å². The van der Waals surface area contributed by atoms with Crippen LogP contribution in [0.25, 0.3) is 11.0 Å². The quantitative estimate of drug-likeness (QED) is 0.669. The van der Waals surface area contributed by atoms with Gasteiger partial charge in [-0.15, -0.1) is 11.6 Å². The summed E-state index contributed by atoms with van der Waals surface area (Å²) in [5.74, 6) is 0.0796. The Morgan fingerprint density at radius 2 is 2.13 bits per heavy atom. The van der Waals surface area contributed by atoms with E-state index in [1.165, 1.54) is 12.4 Å². The molecule has 0 bridgehead atoms. The summed E-state index contributed by atoms with van der Waals surface area (Å²) in [4.78, 5) is 6.82. The highest BCUT2D eigenvalue weighted by Crippen LogP contribution is 2.25. The topological polar surface area (TPSA) is 62.8 Å². The second-order valence-electron chi connectivity index (χ2n) is 2.95. The van der Waals surface area contributed by atoms with Crippen LogP contribution in [0.4, 0.5) is 0 Å². The molecule has 0 fully saturated rings. The number of H-pyrrole nitrogens is 1. The van der Waals surface area contributed by atoms with E-state index in [9.17, 15) is 8.42 Å². The van der Waals surface area contributed by atoms with Gasteiger partial charge in [-0.05, 0) is 17.7 Å². The molecule has 0 radical (unpaired) electrons. The van der Waals surface area contributed by atoms with Gasteiger partial charge in [0.05, 0.1) is 22.3 Å². The summed E-state index contributed by atoms with van der Waals surface area (Å²) in [6, 6.07) is 3.04. The molecule has 0 aliphatic rings. The van der Waals surface area contributed by atoms with Crippen molar-refractivity contribution in [3.63, 3.8) is 0 Å². The van der Waals surface area contributed by atoms with E-state index in [0.29, 0.717) is 11.1 Å². The van der Waals surface area contributed by atoms with Gasteiger partial charge in [0.1, 0.15) is 0 Å². The van der Waals surface area contributed by atoms with Crippen LogP contribution in [0, 0.1) is 0 Å². The number of hydrogen-bond donors (Lipinski definition) is 1. The summed E-state index contributed by atoms with van der Waals surface area (Å²) in [5.41, 5.74) is 1.74. The van der Waals surface area contributed by atoms with E-state index in [4.69, 9.17) is 22.3 Å². The Bertz CT molecular complexity index is 606. The number of alkyl halides is 1. The Morgan fingerprint density at radius 1 is 1.40 bits per heavy atom. The van der Waals surface area contributed by atoms with Crippen molar-refractivity contribution in [1.82, 2.24) is 9.97 Å². The van der Waals surface area contributed by atoms with E-state index >= 15 is 0 Å². The second-order valence-corrected chi connectivity index (χ2v) is 5.75. The maximum atomic E-state index is 11.2. The molecule has 0 spiro atoms. The molecule has 1 aromatic carbocycles. The summed E-state index contributed by atoms with van der Waals surface area (Å²) in [5, 5.41) is 0. The first-order chi connectivity index (χ1) is 7.02. The number of aromatic amines is 1. The number of aromatic nitrogens is 2. The molecule has 0 saturated heterocycles. The van der Waals surface area contributed by atoms with Crippen molar-refractivity contribution in [1.29, 1.82) is 0 Å². The minimum Gasteiger partial charge on any atom is -0.345 e. The number of benzene rings is 1. The molecule has 0 aliphatic carbocycles. The lowest BCUT2D eigenvalue weighted by atomic mass is 10.2. The Morgan fingerprint density at radius 3 is 2.73 bits per heavy atom. The van der Waals surface area contributed by atoms with Crippen LogP contribution in [-0.2, 0) is 14.9 Å². The van der Waals surface area contributed by atoms with Crippen LogP contribution in [0.5, 0.6) is 0 Å². The number of fused-ring (bicyclic) bond motifs is 1. The van der Waals surface area contributed by atoms with Crippen molar-refractivity contribution < 1.29 is 8.42 Å². The average molecular weight is 265 g/mol. The van der Waals surface area contributed by atoms with Gasteiger partial charge in [-0.25, -0.2) is 13.4 Å². The molecule has 15 heavy (non-hydrogen) atoms. The van der Waals surface area contributed by atoms with Gasteiger partial charge in [-0.3, -0.25) is 0 Å². The monoisotopic (exact) mass is 264 g/mol. The van der Waals surface area contributed by atoms with Gasteiger partial charge in [-0.2, -0.15) is 0 Å². The number of imidazole rings is 1. The van der Waals surface area contributed by atoms with Crippen molar-refractivity contribution in [3.8, 4) is 0 Å². The Labute approximate surface area is 95.6 Å². The van der Waals surface area contributed by atoms with E-state index in [2.05, 4.69) is 9.97 Å². The van der Waals surface area contributed by atoms with E-state index < -0.39 is 9.05 Å². The fourth-order valence-electron chi connectivity index (χ4n) is 1.34. The number of nitrogens with zero attached hydrogens (tertiary/aromatic N) is 1. The summed E-state index contributed by atoms with van der Waals surface area (Å²) >= 11 is 5.65. The zero-order valence-corrected chi connectivity index (χ0v) is 9.70. The van der Waals surface area contributed by atoms with Crippen molar-refractivity contribution in [2.24, 2.45) is 0 Å².